The standard InChI is InChI=1S/C10H12ClN5O2/c1-6-5-8(17-2)13-9(12-6)14-10-16-15-7(18-10)3-4-11/h5H,3-4H2,1-2H3,(H,12,13,14,16). The van der Waals surface area contributed by atoms with Crippen molar-refractivity contribution in [3.63, 3.8) is 0 Å². The number of ether oxygens (including phenoxy) is 1. The molecule has 0 bridgehead atoms. The summed E-state index contributed by atoms with van der Waals surface area (Å²) in [5.74, 6) is 1.70. The maximum absolute atomic E-state index is 5.58. The molecule has 8 heteroatoms. The molecule has 0 unspecified atom stereocenters. The minimum atomic E-state index is 0.225. The Bertz CT molecular complexity index is 531. The summed E-state index contributed by atoms with van der Waals surface area (Å²) < 4.78 is 10.3. The molecule has 2 rings (SSSR count). The lowest BCUT2D eigenvalue weighted by Gasteiger charge is -2.03. The number of nitrogens with zero attached hydrogens (tertiary/aromatic N) is 4. The molecule has 0 amide bonds. The Labute approximate surface area is 109 Å². The predicted molar refractivity (Wildman–Crippen MR) is 65.3 cm³/mol. The normalized spacial score (nSPS) is 10.4. The average molecular weight is 270 g/mol. The summed E-state index contributed by atoms with van der Waals surface area (Å²) in [6.07, 6.45) is 0.522. The Morgan fingerprint density at radius 1 is 1.39 bits per heavy atom. The number of anilines is 2. The van der Waals surface area contributed by atoms with E-state index >= 15 is 0 Å². The minimum Gasteiger partial charge on any atom is -0.481 e. The summed E-state index contributed by atoms with van der Waals surface area (Å²) in [7, 11) is 1.54. The van der Waals surface area contributed by atoms with E-state index in [4.69, 9.17) is 20.8 Å². The second-order valence-corrected chi connectivity index (χ2v) is 3.82. The van der Waals surface area contributed by atoms with Crippen molar-refractivity contribution in [3.05, 3.63) is 17.7 Å². The summed E-state index contributed by atoms with van der Waals surface area (Å²) in [6, 6.07) is 1.94. The Morgan fingerprint density at radius 2 is 2.22 bits per heavy atom. The summed E-state index contributed by atoms with van der Waals surface area (Å²) in [5.41, 5.74) is 0.768. The summed E-state index contributed by atoms with van der Waals surface area (Å²) in [4.78, 5) is 8.28. The Kier molecular flexibility index (Phi) is 3.93. The van der Waals surface area contributed by atoms with Gasteiger partial charge >= 0.3 is 6.01 Å². The average Bonchev–Trinajstić information content (AvgIpc) is 2.76. The lowest BCUT2D eigenvalue weighted by Crippen LogP contribution is -2.00. The van der Waals surface area contributed by atoms with Crippen LogP contribution in [-0.2, 0) is 6.42 Å². The first-order valence-electron chi connectivity index (χ1n) is 5.26. The van der Waals surface area contributed by atoms with Gasteiger partial charge in [-0.3, -0.25) is 5.32 Å². The van der Waals surface area contributed by atoms with Crippen LogP contribution in [0.1, 0.15) is 11.6 Å². The van der Waals surface area contributed by atoms with Gasteiger partial charge in [0.15, 0.2) is 0 Å². The first-order chi connectivity index (χ1) is 8.71. The molecular formula is C10H12ClN5O2. The highest BCUT2D eigenvalue weighted by atomic mass is 35.5. The predicted octanol–water partition coefficient (Wildman–Crippen LogP) is 1.70. The van der Waals surface area contributed by atoms with Crippen LogP contribution < -0.4 is 10.1 Å². The van der Waals surface area contributed by atoms with Gasteiger partial charge in [0, 0.05) is 24.1 Å². The molecule has 0 fully saturated rings. The largest absolute Gasteiger partial charge is 0.481 e. The van der Waals surface area contributed by atoms with Gasteiger partial charge in [-0.25, -0.2) is 4.98 Å². The van der Waals surface area contributed by atoms with E-state index in [-0.39, 0.29) is 6.01 Å². The molecular weight excluding hydrogens is 258 g/mol. The van der Waals surface area contributed by atoms with Crippen LogP contribution in [0.2, 0.25) is 0 Å². The van der Waals surface area contributed by atoms with Crippen molar-refractivity contribution in [2.45, 2.75) is 13.3 Å². The molecule has 96 valence electrons. The van der Waals surface area contributed by atoms with Crippen molar-refractivity contribution in [2.75, 3.05) is 18.3 Å². The molecule has 2 heterocycles. The van der Waals surface area contributed by atoms with Gasteiger partial charge in [-0.15, -0.1) is 16.7 Å². The maximum atomic E-state index is 5.58. The third-order valence-electron chi connectivity index (χ3n) is 2.03. The van der Waals surface area contributed by atoms with Crippen molar-refractivity contribution >= 4 is 23.6 Å². The molecule has 2 aromatic rings. The van der Waals surface area contributed by atoms with Crippen LogP contribution in [0, 0.1) is 6.92 Å². The molecule has 0 aliphatic heterocycles. The highest BCUT2D eigenvalue weighted by Crippen LogP contribution is 2.15. The zero-order chi connectivity index (χ0) is 13.0. The number of hydrogen-bond acceptors (Lipinski definition) is 7. The van der Waals surface area contributed by atoms with Crippen LogP contribution in [0.3, 0.4) is 0 Å². The number of nitrogens with one attached hydrogen (secondary N) is 1. The fourth-order valence-electron chi connectivity index (χ4n) is 1.28. The van der Waals surface area contributed by atoms with Crippen molar-refractivity contribution < 1.29 is 9.15 Å². The molecule has 7 nitrogen and oxygen atoms in total. The van der Waals surface area contributed by atoms with Crippen LogP contribution in [0.25, 0.3) is 0 Å². The Hall–Kier alpha value is -1.89. The number of aryl methyl sites for hydroxylation is 2. The molecule has 0 saturated carbocycles. The summed E-state index contributed by atoms with van der Waals surface area (Å²) >= 11 is 5.58. The van der Waals surface area contributed by atoms with Crippen LogP contribution in [-0.4, -0.2) is 33.2 Å². The second-order valence-electron chi connectivity index (χ2n) is 3.44. The van der Waals surface area contributed by atoms with Crippen LogP contribution in [0.4, 0.5) is 12.0 Å². The monoisotopic (exact) mass is 269 g/mol. The maximum Gasteiger partial charge on any atom is 0.322 e. The van der Waals surface area contributed by atoms with E-state index in [1.807, 2.05) is 6.92 Å². The number of methoxy groups -OCH3 is 1. The Morgan fingerprint density at radius 3 is 2.94 bits per heavy atom. The van der Waals surface area contributed by atoms with Gasteiger partial charge in [0.1, 0.15) is 0 Å². The molecule has 18 heavy (non-hydrogen) atoms. The van der Waals surface area contributed by atoms with Crippen molar-refractivity contribution in [1.82, 2.24) is 20.2 Å². The highest BCUT2D eigenvalue weighted by molar-refractivity contribution is 6.17. The molecule has 0 aliphatic carbocycles. The minimum absolute atomic E-state index is 0.225. The quantitative estimate of drug-likeness (QED) is 0.827. The third kappa shape index (κ3) is 3.07. The topological polar surface area (TPSA) is 86.0 Å². The van der Waals surface area contributed by atoms with Gasteiger partial charge in [-0.05, 0) is 6.92 Å². The van der Waals surface area contributed by atoms with E-state index in [0.29, 0.717) is 30.0 Å². The Balaban J connectivity index is 2.14. The van der Waals surface area contributed by atoms with Gasteiger partial charge < -0.3 is 9.15 Å². The molecule has 2 aromatic heterocycles. The molecule has 0 spiro atoms. The smallest absolute Gasteiger partial charge is 0.322 e. The molecule has 0 aliphatic rings. The molecule has 0 aromatic carbocycles. The van der Waals surface area contributed by atoms with E-state index in [1.54, 1.807) is 6.07 Å². The lowest BCUT2D eigenvalue weighted by atomic mass is 10.4. The van der Waals surface area contributed by atoms with Gasteiger partial charge in [-0.2, -0.15) is 4.98 Å². The molecule has 0 atom stereocenters. The highest BCUT2D eigenvalue weighted by Gasteiger charge is 2.08. The van der Waals surface area contributed by atoms with Crippen molar-refractivity contribution in [3.8, 4) is 5.88 Å². The van der Waals surface area contributed by atoms with Crippen molar-refractivity contribution in [1.29, 1.82) is 0 Å². The fourth-order valence-corrected chi connectivity index (χ4v) is 1.44. The van der Waals surface area contributed by atoms with E-state index in [0.717, 1.165) is 5.69 Å². The van der Waals surface area contributed by atoms with Gasteiger partial charge in [0.05, 0.1) is 7.11 Å². The zero-order valence-electron chi connectivity index (χ0n) is 9.97. The fraction of sp³-hybridized carbons (Fsp3) is 0.400. The zero-order valence-corrected chi connectivity index (χ0v) is 10.7. The first kappa shape index (κ1) is 12.6. The molecule has 0 radical (unpaired) electrons. The van der Waals surface area contributed by atoms with E-state index in [9.17, 15) is 0 Å². The van der Waals surface area contributed by atoms with Gasteiger partial charge in [0.25, 0.3) is 0 Å². The van der Waals surface area contributed by atoms with Crippen LogP contribution in [0.15, 0.2) is 10.5 Å². The summed E-state index contributed by atoms with van der Waals surface area (Å²) in [5, 5.41) is 10.4. The molecule has 0 saturated heterocycles. The number of aromatic nitrogens is 4. The van der Waals surface area contributed by atoms with Gasteiger partial charge in [-0.1, -0.05) is 5.10 Å². The number of alkyl halides is 1. The second kappa shape index (κ2) is 5.63. The third-order valence-corrected chi connectivity index (χ3v) is 2.22. The number of hydrogen-bond donors (Lipinski definition) is 1. The van der Waals surface area contributed by atoms with Crippen LogP contribution in [0.5, 0.6) is 5.88 Å². The van der Waals surface area contributed by atoms with E-state index in [2.05, 4.69) is 25.5 Å². The van der Waals surface area contributed by atoms with E-state index in [1.165, 1.54) is 7.11 Å². The van der Waals surface area contributed by atoms with E-state index < -0.39 is 0 Å². The number of halogens is 1. The lowest BCUT2D eigenvalue weighted by molar-refractivity contribution is 0.397. The van der Waals surface area contributed by atoms with Gasteiger partial charge in [0.2, 0.25) is 17.7 Å². The van der Waals surface area contributed by atoms with Crippen LogP contribution >= 0.6 is 11.6 Å². The molecule has 1 N–H and O–H groups in total. The number of rotatable bonds is 5. The first-order valence-corrected chi connectivity index (χ1v) is 5.79. The summed E-state index contributed by atoms with van der Waals surface area (Å²) in [6.45, 7) is 1.84. The SMILES string of the molecule is COc1cc(C)nc(Nc2nnc(CCCl)o2)n1. The van der Waals surface area contributed by atoms with Crippen molar-refractivity contribution in [2.24, 2.45) is 0 Å².